The van der Waals surface area contributed by atoms with E-state index in [1.807, 2.05) is 84.7 Å². The molecule has 2 amide bonds. The number of hydrogen-bond donors (Lipinski definition) is 3. The number of halogens is 1. The van der Waals surface area contributed by atoms with Crippen LogP contribution in [0.2, 0.25) is 5.02 Å². The minimum atomic E-state index is -1.34. The monoisotopic (exact) mass is 667 g/mol. The number of ether oxygens (including phenoxy) is 1. The van der Waals surface area contributed by atoms with E-state index in [4.69, 9.17) is 16.3 Å². The third-order valence-electron chi connectivity index (χ3n) is 9.46. The van der Waals surface area contributed by atoms with Gasteiger partial charge in [0.2, 0.25) is 0 Å². The first kappa shape index (κ1) is 35.1. The minimum absolute atomic E-state index is 0.0498. The van der Waals surface area contributed by atoms with Gasteiger partial charge in [0, 0.05) is 48.2 Å². The summed E-state index contributed by atoms with van der Waals surface area (Å²) in [5.74, 6) is -0.324. The molecule has 0 aromatic heterocycles. The van der Waals surface area contributed by atoms with E-state index in [0.717, 1.165) is 52.6 Å². The number of benzene rings is 4. The Bertz CT molecular complexity index is 1710. The molecule has 0 radical (unpaired) electrons. The number of nitrogens with one attached hydrogen (secondary N) is 2. The Balaban J connectivity index is 1.52. The van der Waals surface area contributed by atoms with Crippen molar-refractivity contribution in [1.82, 2.24) is 15.5 Å². The minimum Gasteiger partial charge on any atom is -0.453 e. The van der Waals surface area contributed by atoms with E-state index in [1.54, 1.807) is 0 Å². The first-order valence-corrected chi connectivity index (χ1v) is 17.2. The molecule has 2 atom stereocenters. The summed E-state index contributed by atoms with van der Waals surface area (Å²) in [6, 6.07) is 30.0. The molecule has 8 heteroatoms. The van der Waals surface area contributed by atoms with Gasteiger partial charge < -0.3 is 25.4 Å². The van der Waals surface area contributed by atoms with Crippen molar-refractivity contribution in [2.75, 3.05) is 33.8 Å². The predicted octanol–water partition coefficient (Wildman–Crippen LogP) is 7.83. The Morgan fingerprint density at radius 1 is 0.979 bits per heavy atom. The summed E-state index contributed by atoms with van der Waals surface area (Å²) in [7, 11) is 3.24. The largest absolute Gasteiger partial charge is 0.453 e. The van der Waals surface area contributed by atoms with Crippen LogP contribution < -0.4 is 10.6 Å². The molecule has 1 aliphatic rings. The Labute approximate surface area is 289 Å². The van der Waals surface area contributed by atoms with E-state index in [2.05, 4.69) is 35.8 Å². The number of carbonyl (C=O) groups excluding carboxylic acids is 2. The average Bonchev–Trinajstić information content (AvgIpc) is 3.13. The second kappa shape index (κ2) is 16.3. The third kappa shape index (κ3) is 7.92. The van der Waals surface area contributed by atoms with Crippen LogP contribution in [0.5, 0.6) is 0 Å². The van der Waals surface area contributed by atoms with Crippen molar-refractivity contribution in [1.29, 1.82) is 0 Å². The highest BCUT2D eigenvalue weighted by Crippen LogP contribution is 2.46. The van der Waals surface area contributed by atoms with Crippen LogP contribution in [0.4, 0.5) is 4.79 Å². The zero-order chi connectivity index (χ0) is 34.1. The molecule has 1 heterocycles. The second-order valence-electron chi connectivity index (χ2n) is 12.5. The van der Waals surface area contributed by atoms with E-state index in [0.29, 0.717) is 49.6 Å². The molecule has 1 saturated heterocycles. The lowest BCUT2D eigenvalue weighted by Crippen LogP contribution is -2.48. The number of piperidine rings is 1. The van der Waals surface area contributed by atoms with Gasteiger partial charge in [-0.3, -0.25) is 4.79 Å². The smallest absolute Gasteiger partial charge is 0.406 e. The lowest BCUT2D eigenvalue weighted by molar-refractivity contribution is -0.0563. The second-order valence-corrected chi connectivity index (χ2v) is 12.9. The van der Waals surface area contributed by atoms with Gasteiger partial charge in [-0.2, -0.15) is 0 Å². The summed E-state index contributed by atoms with van der Waals surface area (Å²) >= 11 is 6.94. The van der Waals surface area contributed by atoms with Gasteiger partial charge in [-0.05, 0) is 90.7 Å². The molecule has 0 aliphatic carbocycles. The van der Waals surface area contributed by atoms with Crippen LogP contribution in [0.25, 0.3) is 22.3 Å². The summed E-state index contributed by atoms with van der Waals surface area (Å²) in [5.41, 5.74) is 5.94. The standard InChI is InChI=1S/C40H46ClN3O4/c1-4-28-12-8-15-31(24-28)37-35(17-9-18-36(37)41)40(47,21-11-22-43-39(46)48-3)32-16-10-23-44(27-32)38(45)33-20-19-29(26-42-2)25-34(33)30-13-6-5-7-14-30/h5-9,12-15,17-20,24-25,32,42,47H,4,10-11,16,21-23,26-27H2,1-3H3,(H,43,46)/t32-,40?/m1/s1. The molecule has 4 aromatic carbocycles. The Hall–Kier alpha value is -4.17. The summed E-state index contributed by atoms with van der Waals surface area (Å²) in [4.78, 5) is 28.1. The molecule has 3 N–H and O–H groups in total. The maximum atomic E-state index is 14.4. The van der Waals surface area contributed by atoms with Crippen molar-refractivity contribution in [3.05, 3.63) is 118 Å². The fourth-order valence-electron chi connectivity index (χ4n) is 6.97. The highest BCUT2D eigenvalue weighted by Gasteiger charge is 2.43. The molecule has 0 spiro atoms. The zero-order valence-electron chi connectivity index (χ0n) is 28.1. The Morgan fingerprint density at radius 2 is 1.75 bits per heavy atom. The Kier molecular flexibility index (Phi) is 11.9. The maximum absolute atomic E-state index is 14.4. The molecule has 5 rings (SSSR count). The fourth-order valence-corrected chi connectivity index (χ4v) is 7.26. The topological polar surface area (TPSA) is 90.9 Å². The first-order valence-electron chi connectivity index (χ1n) is 16.8. The van der Waals surface area contributed by atoms with Crippen molar-refractivity contribution in [2.24, 2.45) is 5.92 Å². The van der Waals surface area contributed by atoms with Gasteiger partial charge in [0.1, 0.15) is 0 Å². The van der Waals surface area contributed by atoms with Crippen molar-refractivity contribution < 1.29 is 19.4 Å². The van der Waals surface area contributed by atoms with Gasteiger partial charge >= 0.3 is 6.09 Å². The van der Waals surface area contributed by atoms with Crippen LogP contribution in [0.3, 0.4) is 0 Å². The van der Waals surface area contributed by atoms with Crippen LogP contribution in [-0.2, 0) is 23.3 Å². The SMILES string of the molecule is CCc1cccc(-c2c(Cl)cccc2C(O)(CCCNC(=O)OC)[C@@H]2CCCN(C(=O)c3ccc(CNC)cc3-c3ccccc3)C2)c1. The first-order chi connectivity index (χ1) is 23.3. The molecule has 252 valence electrons. The molecule has 1 fully saturated rings. The van der Waals surface area contributed by atoms with Gasteiger partial charge in [-0.25, -0.2) is 4.79 Å². The fraction of sp³-hybridized carbons (Fsp3) is 0.350. The highest BCUT2D eigenvalue weighted by molar-refractivity contribution is 6.33. The molecule has 48 heavy (non-hydrogen) atoms. The normalized spacial score (nSPS) is 15.9. The summed E-state index contributed by atoms with van der Waals surface area (Å²) in [5, 5.41) is 19.5. The molecule has 0 saturated carbocycles. The van der Waals surface area contributed by atoms with E-state index in [-0.39, 0.29) is 11.8 Å². The maximum Gasteiger partial charge on any atom is 0.406 e. The van der Waals surface area contributed by atoms with Crippen molar-refractivity contribution >= 4 is 23.6 Å². The molecular weight excluding hydrogens is 622 g/mol. The van der Waals surface area contributed by atoms with Crippen LogP contribution in [0.1, 0.15) is 59.7 Å². The summed E-state index contributed by atoms with van der Waals surface area (Å²) in [6.07, 6.45) is 2.71. The number of hydrogen-bond acceptors (Lipinski definition) is 5. The third-order valence-corrected chi connectivity index (χ3v) is 9.77. The molecular formula is C40H46ClN3O4. The molecule has 1 unspecified atom stereocenters. The lowest BCUT2D eigenvalue weighted by Gasteiger charge is -2.44. The highest BCUT2D eigenvalue weighted by atomic mass is 35.5. The van der Waals surface area contributed by atoms with Gasteiger partial charge in [0.05, 0.1) is 12.7 Å². The number of carbonyl (C=O) groups is 2. The predicted molar refractivity (Wildman–Crippen MR) is 193 cm³/mol. The molecule has 7 nitrogen and oxygen atoms in total. The number of likely N-dealkylation sites (tertiary alicyclic amines) is 1. The number of nitrogens with zero attached hydrogens (tertiary/aromatic N) is 1. The van der Waals surface area contributed by atoms with Crippen LogP contribution >= 0.6 is 11.6 Å². The number of aliphatic hydroxyl groups is 1. The number of amides is 2. The van der Waals surface area contributed by atoms with E-state index >= 15 is 0 Å². The molecule has 0 bridgehead atoms. The van der Waals surface area contributed by atoms with E-state index in [1.165, 1.54) is 12.7 Å². The number of methoxy groups -OCH3 is 1. The van der Waals surface area contributed by atoms with Crippen LogP contribution in [0.15, 0.2) is 91.0 Å². The van der Waals surface area contributed by atoms with Crippen LogP contribution in [0, 0.1) is 5.92 Å². The quantitative estimate of drug-likeness (QED) is 0.134. The molecule has 1 aliphatic heterocycles. The number of alkyl carbamates (subject to hydrolysis) is 1. The average molecular weight is 668 g/mol. The van der Waals surface area contributed by atoms with Crippen LogP contribution in [-0.4, -0.2) is 55.8 Å². The van der Waals surface area contributed by atoms with E-state index in [9.17, 15) is 14.7 Å². The van der Waals surface area contributed by atoms with Crippen molar-refractivity contribution in [2.45, 2.75) is 51.2 Å². The van der Waals surface area contributed by atoms with E-state index < -0.39 is 11.7 Å². The van der Waals surface area contributed by atoms with Gasteiger partial charge in [0.15, 0.2) is 0 Å². The summed E-state index contributed by atoms with van der Waals surface area (Å²) in [6.45, 7) is 4.13. The van der Waals surface area contributed by atoms with Gasteiger partial charge in [-0.1, -0.05) is 91.3 Å². The number of aryl methyl sites for hydroxylation is 1. The van der Waals surface area contributed by atoms with Crippen molar-refractivity contribution in [3.63, 3.8) is 0 Å². The van der Waals surface area contributed by atoms with Gasteiger partial charge in [-0.15, -0.1) is 0 Å². The summed E-state index contributed by atoms with van der Waals surface area (Å²) < 4.78 is 4.77. The van der Waals surface area contributed by atoms with Gasteiger partial charge in [0.25, 0.3) is 5.91 Å². The molecule has 4 aromatic rings. The Morgan fingerprint density at radius 3 is 2.50 bits per heavy atom. The zero-order valence-corrected chi connectivity index (χ0v) is 28.9. The van der Waals surface area contributed by atoms with Crippen molar-refractivity contribution in [3.8, 4) is 22.3 Å². The lowest BCUT2D eigenvalue weighted by atomic mass is 9.72. The number of rotatable bonds is 12.